The number of fused-ring (bicyclic) bond motifs is 1. The number of carbonyl (C=O) groups is 2. The third-order valence-electron chi connectivity index (χ3n) is 7.28. The first-order chi connectivity index (χ1) is 12.5. The van der Waals surface area contributed by atoms with Crippen LogP contribution in [0.2, 0.25) is 0 Å². The van der Waals surface area contributed by atoms with E-state index in [1.165, 1.54) is 51.4 Å². The maximum Gasteiger partial charge on any atom is 0.136 e. The minimum Gasteiger partial charge on any atom is -0.300 e. The predicted molar refractivity (Wildman–Crippen MR) is 109 cm³/mol. The molecule has 2 saturated carbocycles. The summed E-state index contributed by atoms with van der Waals surface area (Å²) in [4.78, 5) is 24.9. The molecule has 5 unspecified atom stereocenters. The molecular weight excluding hydrogens is 320 g/mol. The predicted octanol–water partition coefficient (Wildman–Crippen LogP) is 6.75. The second kappa shape index (κ2) is 11.2. The molecule has 0 heterocycles. The number of carbonyl (C=O) groups excluding carboxylic acids is 2. The van der Waals surface area contributed by atoms with Gasteiger partial charge in [-0.15, -0.1) is 0 Å². The molecule has 0 bridgehead atoms. The zero-order valence-corrected chi connectivity index (χ0v) is 17.6. The average Bonchev–Trinajstić information content (AvgIpc) is 2.65. The van der Waals surface area contributed by atoms with E-state index in [0.717, 1.165) is 31.1 Å². The van der Waals surface area contributed by atoms with E-state index in [-0.39, 0.29) is 0 Å². The van der Waals surface area contributed by atoms with Gasteiger partial charge in [0.2, 0.25) is 0 Å². The molecule has 2 nitrogen and oxygen atoms in total. The lowest BCUT2D eigenvalue weighted by molar-refractivity contribution is -0.127. The summed E-state index contributed by atoms with van der Waals surface area (Å²) in [6, 6.07) is 0. The topological polar surface area (TPSA) is 34.1 Å². The van der Waals surface area contributed by atoms with Crippen molar-refractivity contribution in [3.05, 3.63) is 0 Å². The van der Waals surface area contributed by atoms with Gasteiger partial charge in [0, 0.05) is 25.2 Å². The van der Waals surface area contributed by atoms with Crippen LogP contribution in [0.15, 0.2) is 0 Å². The lowest BCUT2D eigenvalue weighted by Crippen LogP contribution is -2.35. The average molecular weight is 363 g/mol. The zero-order chi connectivity index (χ0) is 18.9. The first-order valence-electron chi connectivity index (χ1n) is 11.6. The number of ketones is 2. The molecule has 0 aromatic carbocycles. The summed E-state index contributed by atoms with van der Waals surface area (Å²) in [5, 5.41) is 0. The smallest absolute Gasteiger partial charge is 0.136 e. The summed E-state index contributed by atoms with van der Waals surface area (Å²) in [5.41, 5.74) is 0. The molecule has 2 aliphatic rings. The Morgan fingerprint density at radius 2 is 1.62 bits per heavy atom. The lowest BCUT2D eigenvalue weighted by atomic mass is 9.64. The monoisotopic (exact) mass is 362 g/mol. The van der Waals surface area contributed by atoms with Gasteiger partial charge in [0.25, 0.3) is 0 Å². The Hall–Kier alpha value is -0.660. The molecule has 2 aliphatic carbocycles. The van der Waals surface area contributed by atoms with Gasteiger partial charge in [-0.05, 0) is 55.8 Å². The van der Waals surface area contributed by atoms with Crippen molar-refractivity contribution in [2.75, 3.05) is 0 Å². The Kier molecular flexibility index (Phi) is 9.36. The second-order valence-electron chi connectivity index (χ2n) is 9.50. The van der Waals surface area contributed by atoms with Crippen molar-refractivity contribution in [3.63, 3.8) is 0 Å². The van der Waals surface area contributed by atoms with Crippen molar-refractivity contribution < 1.29 is 9.59 Å². The first-order valence-corrected chi connectivity index (χ1v) is 11.6. The summed E-state index contributed by atoms with van der Waals surface area (Å²) >= 11 is 0. The third-order valence-corrected chi connectivity index (χ3v) is 7.28. The van der Waals surface area contributed by atoms with Gasteiger partial charge in [0.1, 0.15) is 11.6 Å². The van der Waals surface area contributed by atoms with E-state index >= 15 is 0 Å². The molecule has 0 N–H and O–H groups in total. The highest BCUT2D eigenvalue weighted by Gasteiger charge is 2.37. The van der Waals surface area contributed by atoms with Gasteiger partial charge < -0.3 is 0 Å². The molecule has 0 saturated heterocycles. The van der Waals surface area contributed by atoms with Crippen molar-refractivity contribution in [1.29, 1.82) is 0 Å². The number of Topliss-reactive ketones (excluding diaryl/α,β-unsaturated/α-hetero) is 2. The van der Waals surface area contributed by atoms with Crippen LogP contribution < -0.4 is 0 Å². The van der Waals surface area contributed by atoms with Crippen LogP contribution in [-0.2, 0) is 9.59 Å². The van der Waals surface area contributed by atoms with E-state index in [2.05, 4.69) is 20.8 Å². The zero-order valence-electron chi connectivity index (χ0n) is 17.6. The van der Waals surface area contributed by atoms with Gasteiger partial charge in [0.15, 0.2) is 0 Å². The first kappa shape index (κ1) is 21.6. The largest absolute Gasteiger partial charge is 0.300 e. The van der Waals surface area contributed by atoms with E-state index in [4.69, 9.17) is 0 Å². The molecule has 0 radical (unpaired) electrons. The highest BCUT2D eigenvalue weighted by molar-refractivity contribution is 5.83. The molecule has 0 aromatic rings. The van der Waals surface area contributed by atoms with Crippen LogP contribution in [0, 0.1) is 29.6 Å². The number of hydrogen-bond acceptors (Lipinski definition) is 2. The van der Waals surface area contributed by atoms with Crippen LogP contribution in [0.5, 0.6) is 0 Å². The fraction of sp³-hybridized carbons (Fsp3) is 0.917. The van der Waals surface area contributed by atoms with Gasteiger partial charge >= 0.3 is 0 Å². The molecule has 2 heteroatoms. The van der Waals surface area contributed by atoms with Crippen LogP contribution in [-0.4, -0.2) is 11.6 Å². The van der Waals surface area contributed by atoms with Gasteiger partial charge in [-0.2, -0.15) is 0 Å². The maximum atomic E-state index is 12.7. The summed E-state index contributed by atoms with van der Waals surface area (Å²) in [7, 11) is 0. The van der Waals surface area contributed by atoms with Crippen molar-refractivity contribution in [2.24, 2.45) is 29.6 Å². The molecule has 26 heavy (non-hydrogen) atoms. The fourth-order valence-corrected chi connectivity index (χ4v) is 5.49. The highest BCUT2D eigenvalue weighted by atomic mass is 16.1. The van der Waals surface area contributed by atoms with E-state index < -0.39 is 0 Å². The lowest BCUT2D eigenvalue weighted by Gasteiger charge is -2.40. The highest BCUT2D eigenvalue weighted by Crippen LogP contribution is 2.44. The van der Waals surface area contributed by atoms with E-state index in [1.807, 2.05) is 0 Å². The van der Waals surface area contributed by atoms with Crippen LogP contribution in [0.25, 0.3) is 0 Å². The van der Waals surface area contributed by atoms with Gasteiger partial charge in [-0.3, -0.25) is 9.59 Å². The Balaban J connectivity index is 1.63. The van der Waals surface area contributed by atoms with Gasteiger partial charge in [-0.1, -0.05) is 59.3 Å². The van der Waals surface area contributed by atoms with E-state index in [1.54, 1.807) is 0 Å². The van der Waals surface area contributed by atoms with Crippen LogP contribution in [0.3, 0.4) is 0 Å². The molecule has 0 aliphatic heterocycles. The van der Waals surface area contributed by atoms with Crippen molar-refractivity contribution in [3.8, 4) is 0 Å². The normalized spacial score (nSPS) is 28.2. The van der Waals surface area contributed by atoms with Gasteiger partial charge in [0.05, 0.1) is 0 Å². The minimum atomic E-state index is 0.319. The number of hydrogen-bond donors (Lipinski definition) is 0. The molecule has 0 aromatic heterocycles. The summed E-state index contributed by atoms with van der Waals surface area (Å²) in [6.45, 7) is 6.81. The molecular formula is C24H42O2. The second-order valence-corrected chi connectivity index (χ2v) is 9.50. The molecule has 2 rings (SSSR count). The van der Waals surface area contributed by atoms with Crippen molar-refractivity contribution >= 4 is 11.6 Å². The Morgan fingerprint density at radius 3 is 2.38 bits per heavy atom. The summed E-state index contributed by atoms with van der Waals surface area (Å²) in [5.74, 6) is 4.05. The Bertz CT molecular complexity index is 439. The minimum absolute atomic E-state index is 0.319. The van der Waals surface area contributed by atoms with Gasteiger partial charge in [-0.25, -0.2) is 0 Å². The standard InChI is InChI=1S/C24H42O2/c1-4-18(2)17-19(3)15-16-21(25)11-8-14-24(26)23-13-7-10-20-9-5-6-12-22(20)23/h18-20,22-23H,4-17H2,1-3H3. The Labute approximate surface area is 161 Å². The molecule has 0 spiro atoms. The molecule has 0 amide bonds. The molecule has 5 atom stereocenters. The summed E-state index contributed by atoms with van der Waals surface area (Å²) in [6.07, 6.45) is 15.2. The van der Waals surface area contributed by atoms with Crippen molar-refractivity contribution in [1.82, 2.24) is 0 Å². The maximum absolute atomic E-state index is 12.7. The van der Waals surface area contributed by atoms with Crippen LogP contribution >= 0.6 is 0 Å². The van der Waals surface area contributed by atoms with E-state index in [0.29, 0.717) is 48.6 Å². The summed E-state index contributed by atoms with van der Waals surface area (Å²) < 4.78 is 0. The number of rotatable bonds is 11. The molecule has 150 valence electrons. The fourth-order valence-electron chi connectivity index (χ4n) is 5.49. The Morgan fingerprint density at radius 1 is 0.885 bits per heavy atom. The molecule has 2 fully saturated rings. The third kappa shape index (κ3) is 6.82. The van der Waals surface area contributed by atoms with Crippen molar-refractivity contribution in [2.45, 2.75) is 111 Å². The van der Waals surface area contributed by atoms with E-state index in [9.17, 15) is 9.59 Å². The quantitative estimate of drug-likeness (QED) is 0.407. The SMILES string of the molecule is CCC(C)CC(C)CCC(=O)CCCC(=O)C1CCCC2CCCCC21. The van der Waals surface area contributed by atoms with Crippen LogP contribution in [0.4, 0.5) is 0 Å². The van der Waals surface area contributed by atoms with Crippen LogP contribution in [0.1, 0.15) is 111 Å².